The van der Waals surface area contributed by atoms with Gasteiger partial charge in [0.1, 0.15) is 22.7 Å². The first-order valence-electron chi connectivity index (χ1n) is 14.2. The molecule has 0 fully saturated rings. The summed E-state index contributed by atoms with van der Waals surface area (Å²) in [6.45, 7) is 25.2. The molecule has 0 radical (unpaired) electrons. The van der Waals surface area contributed by atoms with Crippen LogP contribution in [-0.2, 0) is 39.8 Å². The van der Waals surface area contributed by atoms with Gasteiger partial charge in [-0.3, -0.25) is 9.59 Å². The molecular weight excluding hydrogens is 732 g/mol. The molecule has 1 aromatic rings. The molecule has 0 bridgehead atoms. The first-order valence-corrected chi connectivity index (χ1v) is 22.4. The van der Waals surface area contributed by atoms with E-state index in [9.17, 15) is 19.2 Å². The summed E-state index contributed by atoms with van der Waals surface area (Å²) < 4.78 is 25.0. The molecule has 1 rings (SSSR count). The van der Waals surface area contributed by atoms with Crippen molar-refractivity contribution < 1.29 is 37.8 Å². The molecule has 0 aliphatic rings. The maximum atomic E-state index is 14.2. The highest BCUT2D eigenvalue weighted by Crippen LogP contribution is 2.39. The number of Topliss-reactive ketones (excluding diaryl/α,β-unsaturated/α-hetero) is 1. The number of halogens is 2. The number of carbonyl (C=O) groups excluding carboxylic acids is 4. The van der Waals surface area contributed by atoms with Gasteiger partial charge in [-0.25, -0.2) is 9.59 Å². The molecule has 0 aliphatic carbocycles. The standard InChI is InChI=1S/C30H48Br2N2O8Si2/c1-13-21(25(17-24(35)29(38)40-7)42-44(11,12)30(3,4)5)18-33(20(2)28(37)39-6)27(36)23-16-22(31)26(32)34(23)19-41-14-15-43(8,9)10/h13,16,21,25H,1-2,14-15,17-19H2,3-12H3/t21-,25+/m1/s1. The number of esters is 2. The third kappa shape index (κ3) is 11.2. The summed E-state index contributed by atoms with van der Waals surface area (Å²) in [7, 11) is -1.51. The number of amides is 1. The number of ketones is 1. The average molecular weight is 781 g/mol. The second-order valence-corrected chi connectivity index (χ2v) is 25.2. The molecule has 1 aromatic heterocycles. The normalized spacial score (nSPS) is 13.5. The number of hydrogen-bond acceptors (Lipinski definition) is 8. The molecule has 44 heavy (non-hydrogen) atoms. The van der Waals surface area contributed by atoms with Crippen LogP contribution in [0.2, 0.25) is 43.8 Å². The van der Waals surface area contributed by atoms with Crippen molar-refractivity contribution in [2.24, 2.45) is 5.92 Å². The molecule has 0 aliphatic heterocycles. The fraction of sp³-hybridized carbons (Fsp3) is 0.600. The summed E-state index contributed by atoms with van der Waals surface area (Å²) in [5.74, 6) is -3.82. The molecule has 2 atom stereocenters. The Morgan fingerprint density at radius 1 is 1.05 bits per heavy atom. The van der Waals surface area contributed by atoms with Gasteiger partial charge in [-0.15, -0.1) is 6.58 Å². The number of nitrogens with zero attached hydrogens (tertiary/aromatic N) is 2. The number of rotatable bonds is 17. The smallest absolute Gasteiger partial charge is 0.374 e. The Hall–Kier alpha value is -1.85. The third-order valence-electron chi connectivity index (χ3n) is 7.64. The summed E-state index contributed by atoms with van der Waals surface area (Å²) in [4.78, 5) is 53.0. The number of aromatic nitrogens is 1. The summed E-state index contributed by atoms with van der Waals surface area (Å²) >= 11 is 7.00. The van der Waals surface area contributed by atoms with Gasteiger partial charge in [0.2, 0.25) is 5.78 Å². The highest BCUT2D eigenvalue weighted by molar-refractivity contribution is 9.13. The van der Waals surface area contributed by atoms with E-state index in [-0.39, 0.29) is 36.1 Å². The van der Waals surface area contributed by atoms with Crippen LogP contribution < -0.4 is 0 Å². The zero-order chi connectivity index (χ0) is 34.2. The van der Waals surface area contributed by atoms with Crippen molar-refractivity contribution >= 4 is 71.9 Å². The predicted molar refractivity (Wildman–Crippen MR) is 184 cm³/mol. The number of carbonyl (C=O) groups is 4. The fourth-order valence-corrected chi connectivity index (χ4v) is 6.75. The van der Waals surface area contributed by atoms with Crippen molar-refractivity contribution in [3.05, 3.63) is 45.8 Å². The van der Waals surface area contributed by atoms with Gasteiger partial charge in [0.15, 0.2) is 8.32 Å². The van der Waals surface area contributed by atoms with Crippen LogP contribution in [0, 0.1) is 5.92 Å². The molecular formula is C30H48Br2N2O8Si2. The van der Waals surface area contributed by atoms with E-state index < -0.39 is 52.0 Å². The highest BCUT2D eigenvalue weighted by atomic mass is 79.9. The molecule has 248 valence electrons. The van der Waals surface area contributed by atoms with Crippen molar-refractivity contribution in [1.82, 2.24) is 9.47 Å². The van der Waals surface area contributed by atoms with Crippen LogP contribution in [0.5, 0.6) is 0 Å². The Labute approximate surface area is 280 Å². The molecule has 0 saturated heterocycles. The molecule has 0 aromatic carbocycles. The van der Waals surface area contributed by atoms with E-state index in [1.54, 1.807) is 16.7 Å². The molecule has 1 amide bonds. The summed E-state index contributed by atoms with van der Waals surface area (Å²) in [5, 5.41) is -0.231. The molecule has 10 nitrogen and oxygen atoms in total. The van der Waals surface area contributed by atoms with Gasteiger partial charge in [0.05, 0.1) is 24.8 Å². The van der Waals surface area contributed by atoms with Crippen molar-refractivity contribution in [3.63, 3.8) is 0 Å². The molecule has 0 spiro atoms. The van der Waals surface area contributed by atoms with Crippen molar-refractivity contribution in [3.8, 4) is 0 Å². The Bertz CT molecular complexity index is 1230. The molecule has 0 N–H and O–H groups in total. The molecule has 0 unspecified atom stereocenters. The minimum absolute atomic E-state index is 0.0892. The van der Waals surface area contributed by atoms with Crippen molar-refractivity contribution in [2.75, 3.05) is 27.4 Å². The monoisotopic (exact) mass is 778 g/mol. The topological polar surface area (TPSA) is 113 Å². The first kappa shape index (κ1) is 40.2. The minimum Gasteiger partial charge on any atom is -0.464 e. The van der Waals surface area contributed by atoms with Gasteiger partial charge in [-0.05, 0) is 62.1 Å². The Balaban J connectivity index is 3.59. The van der Waals surface area contributed by atoms with E-state index in [1.165, 1.54) is 12.0 Å². The maximum Gasteiger partial charge on any atom is 0.374 e. The van der Waals surface area contributed by atoms with Crippen LogP contribution in [0.4, 0.5) is 0 Å². The zero-order valence-corrected chi connectivity index (χ0v) is 32.8. The van der Waals surface area contributed by atoms with Gasteiger partial charge in [0.25, 0.3) is 5.91 Å². The van der Waals surface area contributed by atoms with Crippen molar-refractivity contribution in [2.45, 2.75) is 83.8 Å². The van der Waals surface area contributed by atoms with Crippen LogP contribution in [0.25, 0.3) is 0 Å². The van der Waals surface area contributed by atoms with E-state index in [0.29, 0.717) is 15.7 Å². The lowest BCUT2D eigenvalue weighted by Gasteiger charge is -2.41. The van der Waals surface area contributed by atoms with E-state index in [2.05, 4.69) is 69.4 Å². The minimum atomic E-state index is -2.50. The van der Waals surface area contributed by atoms with Gasteiger partial charge in [-0.2, -0.15) is 0 Å². The third-order valence-corrected chi connectivity index (χ3v) is 15.8. The quantitative estimate of drug-likeness (QED) is 0.0425. The van der Waals surface area contributed by atoms with Gasteiger partial charge in [-0.1, -0.05) is 53.1 Å². The number of hydrogen-bond donors (Lipinski definition) is 0. The molecule has 0 saturated carbocycles. The van der Waals surface area contributed by atoms with Crippen LogP contribution in [0.3, 0.4) is 0 Å². The SMILES string of the molecule is C=C[C@H](CN(C(=C)C(=O)OC)C(=O)c1cc(Br)c(Br)n1COCC[Si](C)(C)C)[C@H](CC(=O)C(=O)OC)O[Si](C)(C)C(C)(C)C. The van der Waals surface area contributed by atoms with Crippen LogP contribution in [0.15, 0.2) is 40.1 Å². The summed E-state index contributed by atoms with van der Waals surface area (Å²) in [6, 6.07) is 2.57. The largest absolute Gasteiger partial charge is 0.464 e. The van der Waals surface area contributed by atoms with E-state index in [0.717, 1.165) is 13.2 Å². The predicted octanol–water partition coefficient (Wildman–Crippen LogP) is 6.78. The lowest BCUT2D eigenvalue weighted by atomic mass is 9.96. The number of ether oxygens (including phenoxy) is 3. The van der Waals surface area contributed by atoms with Gasteiger partial charge >= 0.3 is 11.9 Å². The second-order valence-electron chi connectivity index (χ2n) is 13.2. The lowest BCUT2D eigenvalue weighted by Crippen LogP contribution is -2.49. The highest BCUT2D eigenvalue weighted by Gasteiger charge is 2.42. The first-order chi connectivity index (χ1) is 20.1. The van der Waals surface area contributed by atoms with Crippen LogP contribution in [0.1, 0.15) is 37.7 Å². The van der Waals surface area contributed by atoms with E-state index in [4.69, 9.17) is 13.9 Å². The van der Waals surface area contributed by atoms with Crippen LogP contribution >= 0.6 is 31.9 Å². The summed E-state index contributed by atoms with van der Waals surface area (Å²) in [6.07, 6.45) is 0.398. The fourth-order valence-electron chi connectivity index (χ4n) is 3.78. The van der Waals surface area contributed by atoms with Gasteiger partial charge in [0, 0.05) is 33.6 Å². The Morgan fingerprint density at radius 3 is 2.09 bits per heavy atom. The molecule has 1 heterocycles. The summed E-state index contributed by atoms with van der Waals surface area (Å²) in [5.41, 5.74) is 0.00601. The lowest BCUT2D eigenvalue weighted by molar-refractivity contribution is -0.152. The van der Waals surface area contributed by atoms with E-state index in [1.807, 2.05) is 33.9 Å². The Morgan fingerprint density at radius 2 is 1.61 bits per heavy atom. The average Bonchev–Trinajstić information content (AvgIpc) is 3.21. The number of methoxy groups -OCH3 is 2. The Kier molecular flexibility index (Phi) is 15.2. The maximum absolute atomic E-state index is 14.2. The zero-order valence-electron chi connectivity index (χ0n) is 27.7. The molecule has 14 heteroatoms. The van der Waals surface area contributed by atoms with E-state index >= 15 is 0 Å². The van der Waals surface area contributed by atoms with Crippen molar-refractivity contribution in [1.29, 1.82) is 0 Å². The second kappa shape index (κ2) is 16.6. The van der Waals surface area contributed by atoms with Crippen LogP contribution in [-0.4, -0.2) is 83.0 Å². The van der Waals surface area contributed by atoms with Gasteiger partial charge < -0.3 is 28.1 Å².